The first kappa shape index (κ1) is 15.5. The fraction of sp³-hybridized carbons (Fsp3) is 0.111. The quantitative estimate of drug-likeness (QED) is 0.738. The molecule has 0 aliphatic rings. The lowest BCUT2D eigenvalue weighted by Crippen LogP contribution is -2.13. The fourth-order valence-corrected chi connectivity index (χ4v) is 2.74. The number of rotatable bonds is 3. The smallest absolute Gasteiger partial charge is 0.259 e. The van der Waals surface area contributed by atoms with Gasteiger partial charge in [-0.2, -0.15) is 5.10 Å². The first-order chi connectivity index (χ1) is 11.0. The van der Waals surface area contributed by atoms with Gasteiger partial charge in [-0.25, -0.2) is 4.68 Å². The summed E-state index contributed by atoms with van der Waals surface area (Å²) in [5, 5.41) is 7.23. The average molecular weight is 370 g/mol. The van der Waals surface area contributed by atoms with Crippen LogP contribution in [0.5, 0.6) is 0 Å². The largest absolute Gasteiger partial charge is 0.322 e. The number of aryl methyl sites for hydroxylation is 1. The molecule has 1 aromatic heterocycles. The van der Waals surface area contributed by atoms with E-state index in [4.69, 9.17) is 0 Å². The average Bonchev–Trinajstić information content (AvgIpc) is 2.90. The number of halogens is 1. The Morgan fingerprint density at radius 3 is 2.57 bits per heavy atom. The second kappa shape index (κ2) is 6.38. The monoisotopic (exact) mass is 369 g/mol. The molecule has 1 heterocycles. The highest BCUT2D eigenvalue weighted by atomic mass is 79.9. The molecule has 0 aliphatic carbocycles. The summed E-state index contributed by atoms with van der Waals surface area (Å²) < 4.78 is 2.69. The molecule has 0 fully saturated rings. The third-order valence-corrected chi connectivity index (χ3v) is 4.11. The van der Waals surface area contributed by atoms with Gasteiger partial charge in [0.1, 0.15) is 0 Å². The highest BCUT2D eigenvalue weighted by molar-refractivity contribution is 9.10. The molecule has 23 heavy (non-hydrogen) atoms. The summed E-state index contributed by atoms with van der Waals surface area (Å²) in [7, 11) is 0. The normalized spacial score (nSPS) is 10.6. The Hall–Kier alpha value is -2.40. The van der Waals surface area contributed by atoms with Crippen molar-refractivity contribution >= 4 is 27.5 Å². The Bertz CT molecular complexity index is 853. The van der Waals surface area contributed by atoms with Crippen molar-refractivity contribution in [1.82, 2.24) is 9.78 Å². The number of benzene rings is 2. The molecule has 3 aromatic rings. The molecule has 4 nitrogen and oxygen atoms in total. The van der Waals surface area contributed by atoms with E-state index in [1.54, 1.807) is 10.9 Å². The molecule has 0 saturated carbocycles. The Balaban J connectivity index is 1.86. The molecule has 0 unspecified atom stereocenters. The molecule has 116 valence electrons. The Morgan fingerprint density at radius 1 is 1.13 bits per heavy atom. The number of nitrogens with zero attached hydrogens (tertiary/aromatic N) is 2. The summed E-state index contributed by atoms with van der Waals surface area (Å²) in [6.45, 7) is 3.93. The molecule has 0 aliphatic heterocycles. The van der Waals surface area contributed by atoms with Crippen LogP contribution in [0.25, 0.3) is 5.69 Å². The van der Waals surface area contributed by atoms with Gasteiger partial charge < -0.3 is 5.32 Å². The number of carbonyl (C=O) groups is 1. The van der Waals surface area contributed by atoms with Gasteiger partial charge in [0.15, 0.2) is 0 Å². The third kappa shape index (κ3) is 3.35. The van der Waals surface area contributed by atoms with Crippen molar-refractivity contribution in [3.63, 3.8) is 0 Å². The number of aromatic nitrogens is 2. The Labute approximate surface area is 143 Å². The van der Waals surface area contributed by atoms with E-state index in [1.807, 2.05) is 62.4 Å². The standard InChI is InChI=1S/C18H16BrN3O/c1-12-6-8-16(9-7-12)22-13(2)17(11-20-22)18(23)21-15-5-3-4-14(19)10-15/h3-11H,1-2H3,(H,21,23). The van der Waals surface area contributed by atoms with E-state index in [9.17, 15) is 4.79 Å². The summed E-state index contributed by atoms with van der Waals surface area (Å²) in [5.74, 6) is -0.168. The zero-order valence-corrected chi connectivity index (χ0v) is 14.5. The number of carbonyl (C=O) groups excluding carboxylic acids is 1. The predicted molar refractivity (Wildman–Crippen MR) is 95.1 cm³/mol. The number of nitrogens with one attached hydrogen (secondary N) is 1. The van der Waals surface area contributed by atoms with Gasteiger partial charge in [0.25, 0.3) is 5.91 Å². The second-order valence-electron chi connectivity index (χ2n) is 5.36. The number of hydrogen-bond donors (Lipinski definition) is 1. The van der Waals surface area contributed by atoms with Crippen molar-refractivity contribution in [2.24, 2.45) is 0 Å². The number of hydrogen-bond acceptors (Lipinski definition) is 2. The van der Waals surface area contributed by atoms with Crippen LogP contribution >= 0.6 is 15.9 Å². The van der Waals surface area contributed by atoms with Crippen molar-refractivity contribution < 1.29 is 4.79 Å². The van der Waals surface area contributed by atoms with E-state index in [2.05, 4.69) is 26.3 Å². The molecule has 1 amide bonds. The van der Waals surface area contributed by atoms with E-state index in [0.29, 0.717) is 5.56 Å². The van der Waals surface area contributed by atoms with E-state index in [1.165, 1.54) is 5.56 Å². The van der Waals surface area contributed by atoms with Crippen LogP contribution in [-0.4, -0.2) is 15.7 Å². The molecular formula is C18H16BrN3O. The summed E-state index contributed by atoms with van der Waals surface area (Å²) in [6, 6.07) is 15.5. The Morgan fingerprint density at radius 2 is 1.87 bits per heavy atom. The number of amides is 1. The van der Waals surface area contributed by atoms with Crippen LogP contribution in [0.2, 0.25) is 0 Å². The van der Waals surface area contributed by atoms with Crippen molar-refractivity contribution in [2.75, 3.05) is 5.32 Å². The van der Waals surface area contributed by atoms with Gasteiger partial charge in [0.05, 0.1) is 23.1 Å². The lowest BCUT2D eigenvalue weighted by Gasteiger charge is -2.07. The maximum atomic E-state index is 12.5. The summed E-state index contributed by atoms with van der Waals surface area (Å²) in [5.41, 5.74) is 4.24. The van der Waals surface area contributed by atoms with Gasteiger partial charge in [0.2, 0.25) is 0 Å². The first-order valence-electron chi connectivity index (χ1n) is 7.23. The topological polar surface area (TPSA) is 46.9 Å². The molecule has 0 bridgehead atoms. The van der Waals surface area contributed by atoms with Crippen LogP contribution < -0.4 is 5.32 Å². The SMILES string of the molecule is Cc1ccc(-n2ncc(C(=O)Nc3cccc(Br)c3)c2C)cc1. The first-order valence-corrected chi connectivity index (χ1v) is 8.02. The molecule has 0 spiro atoms. The van der Waals surface area contributed by atoms with Gasteiger partial charge in [-0.15, -0.1) is 0 Å². The van der Waals surface area contributed by atoms with Crippen molar-refractivity contribution in [3.8, 4) is 5.69 Å². The minimum absolute atomic E-state index is 0.168. The number of anilines is 1. The predicted octanol–water partition coefficient (Wildman–Crippen LogP) is 4.50. The van der Waals surface area contributed by atoms with Crippen LogP contribution in [0.1, 0.15) is 21.6 Å². The van der Waals surface area contributed by atoms with E-state index >= 15 is 0 Å². The van der Waals surface area contributed by atoms with Crippen molar-refractivity contribution in [2.45, 2.75) is 13.8 Å². The summed E-state index contributed by atoms with van der Waals surface area (Å²) >= 11 is 3.40. The van der Waals surface area contributed by atoms with E-state index in [-0.39, 0.29) is 5.91 Å². The molecule has 0 atom stereocenters. The maximum Gasteiger partial charge on any atom is 0.259 e. The lowest BCUT2D eigenvalue weighted by molar-refractivity contribution is 0.102. The van der Waals surface area contributed by atoms with E-state index < -0.39 is 0 Å². The van der Waals surface area contributed by atoms with Gasteiger partial charge in [-0.05, 0) is 44.2 Å². The van der Waals surface area contributed by atoms with Crippen LogP contribution in [0.4, 0.5) is 5.69 Å². The van der Waals surface area contributed by atoms with Crippen LogP contribution in [0.3, 0.4) is 0 Å². The zero-order chi connectivity index (χ0) is 16.4. The molecule has 1 N–H and O–H groups in total. The molecule has 2 aromatic carbocycles. The molecule has 3 rings (SSSR count). The molecular weight excluding hydrogens is 354 g/mol. The van der Waals surface area contributed by atoms with E-state index in [0.717, 1.165) is 21.5 Å². The molecule has 0 saturated heterocycles. The van der Waals surface area contributed by atoms with Crippen LogP contribution in [0, 0.1) is 13.8 Å². The third-order valence-electron chi connectivity index (χ3n) is 3.62. The second-order valence-corrected chi connectivity index (χ2v) is 6.27. The Kier molecular flexibility index (Phi) is 4.30. The molecule has 5 heteroatoms. The van der Waals surface area contributed by atoms with Crippen LogP contribution in [-0.2, 0) is 0 Å². The van der Waals surface area contributed by atoms with Gasteiger partial charge in [-0.1, -0.05) is 39.7 Å². The lowest BCUT2D eigenvalue weighted by atomic mass is 10.2. The highest BCUT2D eigenvalue weighted by Gasteiger charge is 2.15. The van der Waals surface area contributed by atoms with Crippen LogP contribution in [0.15, 0.2) is 59.2 Å². The zero-order valence-electron chi connectivity index (χ0n) is 12.9. The van der Waals surface area contributed by atoms with Gasteiger partial charge in [-0.3, -0.25) is 4.79 Å². The summed E-state index contributed by atoms with van der Waals surface area (Å²) in [6.07, 6.45) is 1.60. The van der Waals surface area contributed by atoms with Crippen molar-refractivity contribution in [1.29, 1.82) is 0 Å². The van der Waals surface area contributed by atoms with Crippen molar-refractivity contribution in [3.05, 3.63) is 76.0 Å². The highest BCUT2D eigenvalue weighted by Crippen LogP contribution is 2.19. The maximum absolute atomic E-state index is 12.5. The minimum atomic E-state index is -0.168. The minimum Gasteiger partial charge on any atom is -0.322 e. The van der Waals surface area contributed by atoms with Gasteiger partial charge in [0, 0.05) is 10.2 Å². The van der Waals surface area contributed by atoms with Gasteiger partial charge >= 0.3 is 0 Å². The molecule has 0 radical (unpaired) electrons. The summed E-state index contributed by atoms with van der Waals surface area (Å²) in [4.78, 5) is 12.5. The fourth-order valence-electron chi connectivity index (χ4n) is 2.34.